The van der Waals surface area contributed by atoms with Crippen molar-refractivity contribution in [2.24, 2.45) is 0 Å². The van der Waals surface area contributed by atoms with E-state index in [1.165, 1.54) is 11.8 Å². The topological polar surface area (TPSA) is 72.6 Å². The molecule has 6 heteroatoms. The lowest BCUT2D eigenvalue weighted by Gasteiger charge is -2.04. The minimum atomic E-state index is -0.909. The van der Waals surface area contributed by atoms with Gasteiger partial charge in [-0.15, -0.1) is 11.8 Å². The molecule has 106 valence electrons. The van der Waals surface area contributed by atoms with Crippen LogP contribution in [0.5, 0.6) is 0 Å². The molecule has 0 aliphatic rings. The highest BCUT2D eigenvalue weighted by Gasteiger charge is 2.09. The van der Waals surface area contributed by atoms with Crippen molar-refractivity contribution in [3.63, 3.8) is 0 Å². The molecule has 0 unspecified atom stereocenters. The first-order chi connectivity index (χ1) is 9.60. The van der Waals surface area contributed by atoms with Gasteiger partial charge in [0.2, 0.25) is 0 Å². The van der Waals surface area contributed by atoms with E-state index >= 15 is 0 Å². The number of aromatic carboxylic acids is 1. The number of ether oxygens (including phenoxy) is 1. The minimum absolute atomic E-state index is 0.329. The van der Waals surface area contributed by atoms with Crippen LogP contribution in [0.2, 0.25) is 0 Å². The van der Waals surface area contributed by atoms with Gasteiger partial charge in [-0.3, -0.25) is 0 Å². The van der Waals surface area contributed by atoms with Gasteiger partial charge in [0, 0.05) is 23.8 Å². The normalized spacial score (nSPS) is 10.7. The summed E-state index contributed by atoms with van der Waals surface area (Å²) in [4.78, 5) is 12.0. The summed E-state index contributed by atoms with van der Waals surface area (Å²) in [5.41, 5.74) is 1.89. The molecule has 0 atom stereocenters. The van der Waals surface area contributed by atoms with E-state index in [4.69, 9.17) is 14.4 Å². The van der Waals surface area contributed by atoms with Crippen molar-refractivity contribution in [2.75, 3.05) is 7.11 Å². The fourth-order valence-corrected chi connectivity index (χ4v) is 2.53. The highest BCUT2D eigenvalue weighted by atomic mass is 32.2. The Balaban J connectivity index is 2.03. The third-order valence-corrected chi connectivity index (χ3v) is 3.75. The third-order valence-electron chi connectivity index (χ3n) is 2.72. The average molecular weight is 293 g/mol. The van der Waals surface area contributed by atoms with Crippen molar-refractivity contribution >= 4 is 17.7 Å². The van der Waals surface area contributed by atoms with E-state index in [9.17, 15) is 4.79 Å². The summed E-state index contributed by atoms with van der Waals surface area (Å²) in [5.74, 6) is 0.391. The summed E-state index contributed by atoms with van der Waals surface area (Å²) in [6, 6.07) is 7.23. The second kappa shape index (κ2) is 6.58. The molecule has 0 aliphatic heterocycles. The standard InChI is InChI=1S/C14H15NO4S/c1-9-3-4-12(6-13(9)14(16)17)20-8-10-5-11(7-18-2)19-15-10/h3-6H,7-8H2,1-2H3,(H,16,17). The van der Waals surface area contributed by atoms with Gasteiger partial charge in [-0.05, 0) is 24.6 Å². The van der Waals surface area contributed by atoms with E-state index in [-0.39, 0.29) is 0 Å². The zero-order chi connectivity index (χ0) is 14.5. The molecule has 5 nitrogen and oxygen atoms in total. The van der Waals surface area contributed by atoms with Gasteiger partial charge in [-0.1, -0.05) is 11.2 Å². The molecule has 0 bridgehead atoms. The number of nitrogens with zero attached hydrogens (tertiary/aromatic N) is 1. The van der Waals surface area contributed by atoms with Gasteiger partial charge in [0.15, 0.2) is 5.76 Å². The first-order valence-electron chi connectivity index (χ1n) is 6.00. The molecule has 0 fully saturated rings. The Morgan fingerprint density at radius 2 is 2.25 bits per heavy atom. The van der Waals surface area contributed by atoms with E-state index in [1.54, 1.807) is 20.1 Å². The molecule has 0 radical (unpaired) electrons. The van der Waals surface area contributed by atoms with Gasteiger partial charge in [-0.2, -0.15) is 0 Å². The number of carboxylic acids is 1. The van der Waals surface area contributed by atoms with Crippen LogP contribution in [-0.4, -0.2) is 23.3 Å². The molecular weight excluding hydrogens is 278 g/mol. The largest absolute Gasteiger partial charge is 0.478 e. The fraction of sp³-hybridized carbons (Fsp3) is 0.286. The maximum Gasteiger partial charge on any atom is 0.335 e. The number of hydrogen-bond donors (Lipinski definition) is 1. The summed E-state index contributed by atoms with van der Waals surface area (Å²) in [7, 11) is 1.59. The Kier molecular flexibility index (Phi) is 4.81. The highest BCUT2D eigenvalue weighted by Crippen LogP contribution is 2.25. The van der Waals surface area contributed by atoms with Gasteiger partial charge >= 0.3 is 5.97 Å². The van der Waals surface area contributed by atoms with Crippen molar-refractivity contribution in [1.82, 2.24) is 5.16 Å². The minimum Gasteiger partial charge on any atom is -0.478 e. The van der Waals surface area contributed by atoms with Crippen LogP contribution in [0.4, 0.5) is 0 Å². The number of hydrogen-bond acceptors (Lipinski definition) is 5. The molecule has 0 amide bonds. The lowest BCUT2D eigenvalue weighted by Crippen LogP contribution is -1.99. The van der Waals surface area contributed by atoms with E-state index in [2.05, 4.69) is 5.16 Å². The summed E-state index contributed by atoms with van der Waals surface area (Å²) in [6.45, 7) is 2.18. The smallest absolute Gasteiger partial charge is 0.335 e. The van der Waals surface area contributed by atoms with Crippen LogP contribution in [0.1, 0.15) is 27.4 Å². The second-order valence-electron chi connectivity index (χ2n) is 4.29. The van der Waals surface area contributed by atoms with Crippen LogP contribution in [-0.2, 0) is 17.1 Å². The number of aromatic nitrogens is 1. The summed E-state index contributed by atoms with van der Waals surface area (Å²) in [6.07, 6.45) is 0. The zero-order valence-corrected chi connectivity index (χ0v) is 12.1. The molecule has 1 aromatic heterocycles. The average Bonchev–Trinajstić information content (AvgIpc) is 2.86. The maximum atomic E-state index is 11.1. The van der Waals surface area contributed by atoms with E-state index in [0.717, 1.165) is 16.2 Å². The Morgan fingerprint density at radius 1 is 1.45 bits per heavy atom. The van der Waals surface area contributed by atoms with Crippen molar-refractivity contribution in [3.05, 3.63) is 46.8 Å². The van der Waals surface area contributed by atoms with Gasteiger partial charge in [0.1, 0.15) is 6.61 Å². The summed E-state index contributed by atoms with van der Waals surface area (Å²) in [5, 5.41) is 13.0. The second-order valence-corrected chi connectivity index (χ2v) is 5.34. The van der Waals surface area contributed by atoms with Gasteiger partial charge in [-0.25, -0.2) is 4.79 Å². The number of methoxy groups -OCH3 is 1. The number of benzene rings is 1. The Hall–Kier alpha value is -1.79. The van der Waals surface area contributed by atoms with Gasteiger partial charge in [0.05, 0.1) is 11.3 Å². The molecular formula is C14H15NO4S. The van der Waals surface area contributed by atoms with Crippen LogP contribution in [0.15, 0.2) is 33.7 Å². The molecule has 2 aromatic rings. The van der Waals surface area contributed by atoms with E-state index in [1.807, 2.05) is 18.2 Å². The molecule has 20 heavy (non-hydrogen) atoms. The monoisotopic (exact) mass is 293 g/mol. The van der Waals surface area contributed by atoms with Crippen LogP contribution in [0.3, 0.4) is 0 Å². The van der Waals surface area contributed by atoms with Gasteiger partial charge in [0.25, 0.3) is 0 Å². The predicted octanol–water partition coefficient (Wildman–Crippen LogP) is 3.12. The quantitative estimate of drug-likeness (QED) is 0.825. The van der Waals surface area contributed by atoms with E-state index < -0.39 is 5.97 Å². The molecule has 0 saturated heterocycles. The molecule has 0 spiro atoms. The van der Waals surface area contributed by atoms with Crippen molar-refractivity contribution in [3.8, 4) is 0 Å². The molecule has 0 aliphatic carbocycles. The highest BCUT2D eigenvalue weighted by molar-refractivity contribution is 7.98. The number of aryl methyl sites for hydroxylation is 1. The third kappa shape index (κ3) is 3.61. The molecule has 1 aromatic carbocycles. The summed E-state index contributed by atoms with van der Waals surface area (Å²) >= 11 is 1.52. The van der Waals surface area contributed by atoms with Crippen LogP contribution in [0, 0.1) is 6.92 Å². The number of carbonyl (C=O) groups is 1. The van der Waals surface area contributed by atoms with Crippen LogP contribution in [0.25, 0.3) is 0 Å². The fourth-order valence-electron chi connectivity index (χ4n) is 1.71. The van der Waals surface area contributed by atoms with Crippen LogP contribution >= 0.6 is 11.8 Å². The Morgan fingerprint density at radius 3 is 2.95 bits per heavy atom. The predicted molar refractivity (Wildman–Crippen MR) is 74.9 cm³/mol. The Labute approximate surface area is 120 Å². The zero-order valence-electron chi connectivity index (χ0n) is 11.3. The molecule has 0 saturated carbocycles. The first-order valence-corrected chi connectivity index (χ1v) is 6.99. The lowest BCUT2D eigenvalue weighted by atomic mass is 10.1. The van der Waals surface area contributed by atoms with Crippen LogP contribution < -0.4 is 0 Å². The van der Waals surface area contributed by atoms with Crippen molar-refractivity contribution < 1.29 is 19.2 Å². The molecule has 1 N–H and O–H groups in total. The maximum absolute atomic E-state index is 11.1. The number of carboxylic acid groups (broad SMARTS) is 1. The molecule has 1 heterocycles. The Bertz CT molecular complexity index is 609. The first kappa shape index (κ1) is 14.6. The van der Waals surface area contributed by atoms with E-state index in [0.29, 0.717) is 23.7 Å². The van der Waals surface area contributed by atoms with Gasteiger partial charge < -0.3 is 14.4 Å². The van der Waals surface area contributed by atoms with Crippen molar-refractivity contribution in [2.45, 2.75) is 24.2 Å². The summed E-state index contributed by atoms with van der Waals surface area (Å²) < 4.78 is 10.0. The lowest BCUT2D eigenvalue weighted by molar-refractivity contribution is 0.0696. The SMILES string of the molecule is COCc1cc(CSc2ccc(C)c(C(=O)O)c2)no1. The number of rotatable bonds is 6. The van der Waals surface area contributed by atoms with Crippen molar-refractivity contribution in [1.29, 1.82) is 0 Å². The molecule has 2 rings (SSSR count). The number of thioether (sulfide) groups is 1.